The zero-order chi connectivity index (χ0) is 21.8. The fourth-order valence-corrected chi connectivity index (χ4v) is 3.68. The topological polar surface area (TPSA) is 41.9 Å². The number of carbonyl (C=O) groups is 1. The molecule has 0 radical (unpaired) electrons. The number of amides is 1. The van der Waals surface area contributed by atoms with Crippen LogP contribution in [-0.4, -0.2) is 29.2 Å². The Hall–Kier alpha value is -3.25. The fourth-order valence-electron chi connectivity index (χ4n) is 3.46. The highest BCUT2D eigenvalue weighted by Gasteiger charge is 2.28. The van der Waals surface area contributed by atoms with E-state index < -0.39 is 17.8 Å². The molecule has 0 fully saturated rings. The zero-order valence-electron chi connectivity index (χ0n) is 16.5. The van der Waals surface area contributed by atoms with Gasteiger partial charge in [-0.1, -0.05) is 53.2 Å². The number of hydrogen-bond donors (Lipinski definition) is 0. The maximum Gasteiger partial charge on any atom is 0.257 e. The minimum atomic E-state index is -0.584. The van der Waals surface area contributed by atoms with Crippen molar-refractivity contribution in [2.45, 2.75) is 19.1 Å². The standard InChI is InChI=1S/C24H19ClF2N2O2/c25-18-5-3-4-16(12-18)14-29(24(30)21-6-1-2-7-22(21)27)15-20-13-23(28-31-20)17-8-10-19(26)11-9-17/h1-12,20H,13-15H2/t20-/m0/s1. The highest BCUT2D eigenvalue weighted by molar-refractivity contribution is 6.30. The summed E-state index contributed by atoms with van der Waals surface area (Å²) in [5.74, 6) is -1.36. The summed E-state index contributed by atoms with van der Waals surface area (Å²) in [4.78, 5) is 20.2. The second-order valence-electron chi connectivity index (χ2n) is 7.27. The van der Waals surface area contributed by atoms with Gasteiger partial charge in [0.25, 0.3) is 5.91 Å². The van der Waals surface area contributed by atoms with Gasteiger partial charge in [-0.25, -0.2) is 8.78 Å². The molecule has 1 amide bonds. The molecule has 1 atom stereocenters. The van der Waals surface area contributed by atoms with E-state index in [1.54, 1.807) is 36.4 Å². The van der Waals surface area contributed by atoms with Gasteiger partial charge in [-0.2, -0.15) is 0 Å². The molecule has 0 aliphatic carbocycles. The van der Waals surface area contributed by atoms with Crippen molar-refractivity contribution in [1.29, 1.82) is 0 Å². The first-order valence-electron chi connectivity index (χ1n) is 9.76. The molecule has 0 saturated carbocycles. The van der Waals surface area contributed by atoms with Crippen LogP contribution in [0.25, 0.3) is 0 Å². The molecule has 4 nitrogen and oxygen atoms in total. The lowest BCUT2D eigenvalue weighted by Gasteiger charge is -2.25. The number of halogens is 3. The zero-order valence-corrected chi connectivity index (χ0v) is 17.2. The van der Waals surface area contributed by atoms with E-state index in [0.29, 0.717) is 17.2 Å². The predicted octanol–water partition coefficient (Wildman–Crippen LogP) is 5.45. The van der Waals surface area contributed by atoms with Crippen LogP contribution in [0.3, 0.4) is 0 Å². The number of nitrogens with zero attached hydrogens (tertiary/aromatic N) is 2. The van der Waals surface area contributed by atoms with Gasteiger partial charge in [0.1, 0.15) is 11.6 Å². The Morgan fingerprint density at radius 2 is 1.84 bits per heavy atom. The molecule has 0 bridgehead atoms. The lowest BCUT2D eigenvalue weighted by molar-refractivity contribution is 0.0402. The molecule has 158 valence electrons. The summed E-state index contributed by atoms with van der Waals surface area (Å²) in [5.41, 5.74) is 2.23. The van der Waals surface area contributed by atoms with Crippen molar-refractivity contribution in [2.24, 2.45) is 5.16 Å². The average Bonchev–Trinajstić information content (AvgIpc) is 3.22. The van der Waals surface area contributed by atoms with Gasteiger partial charge in [-0.3, -0.25) is 4.79 Å². The van der Waals surface area contributed by atoms with Crippen LogP contribution in [-0.2, 0) is 11.4 Å². The van der Waals surface area contributed by atoms with Gasteiger partial charge in [0.2, 0.25) is 0 Å². The Bertz CT molecular complexity index is 1120. The first kappa shape index (κ1) is 21.0. The van der Waals surface area contributed by atoms with Crippen molar-refractivity contribution >= 4 is 23.2 Å². The summed E-state index contributed by atoms with van der Waals surface area (Å²) in [6, 6.07) is 19.0. The maximum absolute atomic E-state index is 14.3. The van der Waals surface area contributed by atoms with Crippen molar-refractivity contribution in [3.05, 3.63) is 106 Å². The first-order valence-corrected chi connectivity index (χ1v) is 10.1. The van der Waals surface area contributed by atoms with Crippen LogP contribution in [0.5, 0.6) is 0 Å². The van der Waals surface area contributed by atoms with Crippen LogP contribution >= 0.6 is 11.6 Å². The molecule has 1 aliphatic rings. The van der Waals surface area contributed by atoms with Crippen LogP contribution in [0.1, 0.15) is 27.9 Å². The van der Waals surface area contributed by atoms with Crippen molar-refractivity contribution in [3.8, 4) is 0 Å². The van der Waals surface area contributed by atoms with E-state index in [1.807, 2.05) is 6.07 Å². The van der Waals surface area contributed by atoms with E-state index >= 15 is 0 Å². The molecule has 0 saturated heterocycles. The second-order valence-corrected chi connectivity index (χ2v) is 7.71. The summed E-state index contributed by atoms with van der Waals surface area (Å²) >= 11 is 6.09. The lowest BCUT2D eigenvalue weighted by Crippen LogP contribution is -2.37. The van der Waals surface area contributed by atoms with Crippen LogP contribution in [0.2, 0.25) is 5.02 Å². The van der Waals surface area contributed by atoms with E-state index in [4.69, 9.17) is 16.4 Å². The van der Waals surface area contributed by atoms with E-state index in [9.17, 15) is 13.6 Å². The molecule has 1 heterocycles. The molecular formula is C24H19ClF2N2O2. The Morgan fingerprint density at radius 1 is 1.06 bits per heavy atom. The number of hydrogen-bond acceptors (Lipinski definition) is 3. The Morgan fingerprint density at radius 3 is 2.58 bits per heavy atom. The highest BCUT2D eigenvalue weighted by atomic mass is 35.5. The van der Waals surface area contributed by atoms with Crippen molar-refractivity contribution < 1.29 is 18.4 Å². The molecule has 4 rings (SSSR count). The van der Waals surface area contributed by atoms with Crippen molar-refractivity contribution in [2.75, 3.05) is 6.54 Å². The van der Waals surface area contributed by atoms with Gasteiger partial charge in [0.05, 0.1) is 17.8 Å². The van der Waals surface area contributed by atoms with Gasteiger partial charge < -0.3 is 9.74 Å². The summed E-state index contributed by atoms with van der Waals surface area (Å²) < 4.78 is 27.5. The molecule has 7 heteroatoms. The predicted molar refractivity (Wildman–Crippen MR) is 115 cm³/mol. The molecule has 0 unspecified atom stereocenters. The van der Waals surface area contributed by atoms with Gasteiger partial charge in [0, 0.05) is 18.0 Å². The van der Waals surface area contributed by atoms with Crippen LogP contribution in [0, 0.1) is 11.6 Å². The van der Waals surface area contributed by atoms with E-state index in [2.05, 4.69) is 5.16 Å². The monoisotopic (exact) mass is 440 g/mol. The normalized spacial score (nSPS) is 15.3. The van der Waals surface area contributed by atoms with Crippen molar-refractivity contribution in [1.82, 2.24) is 4.90 Å². The van der Waals surface area contributed by atoms with E-state index in [-0.39, 0.29) is 24.5 Å². The highest BCUT2D eigenvalue weighted by Crippen LogP contribution is 2.21. The minimum absolute atomic E-state index is 0.0119. The van der Waals surface area contributed by atoms with Crippen LogP contribution < -0.4 is 0 Å². The molecule has 0 aromatic heterocycles. The van der Waals surface area contributed by atoms with Gasteiger partial charge in [-0.15, -0.1) is 0 Å². The molecular weight excluding hydrogens is 422 g/mol. The third-order valence-electron chi connectivity index (χ3n) is 4.99. The number of oxime groups is 1. The Labute approximate surface area is 183 Å². The molecule has 3 aromatic rings. The SMILES string of the molecule is O=C(c1ccccc1F)N(Cc1cccc(Cl)c1)C[C@@H]1CC(c2ccc(F)cc2)=NO1. The smallest absolute Gasteiger partial charge is 0.257 e. The molecule has 0 spiro atoms. The first-order chi connectivity index (χ1) is 15.0. The lowest BCUT2D eigenvalue weighted by atomic mass is 10.0. The van der Waals surface area contributed by atoms with Gasteiger partial charge in [0.15, 0.2) is 6.10 Å². The minimum Gasteiger partial charge on any atom is -0.390 e. The average molecular weight is 441 g/mol. The van der Waals surface area contributed by atoms with Crippen LogP contribution in [0.15, 0.2) is 78.0 Å². The quantitative estimate of drug-likeness (QED) is 0.511. The third-order valence-corrected chi connectivity index (χ3v) is 5.22. The summed E-state index contributed by atoms with van der Waals surface area (Å²) in [5, 5.41) is 4.65. The van der Waals surface area contributed by atoms with Gasteiger partial charge in [-0.05, 0) is 47.5 Å². The van der Waals surface area contributed by atoms with Gasteiger partial charge >= 0.3 is 0 Å². The van der Waals surface area contributed by atoms with Crippen molar-refractivity contribution in [3.63, 3.8) is 0 Å². The molecule has 3 aromatic carbocycles. The fraction of sp³-hybridized carbons (Fsp3) is 0.167. The number of benzene rings is 3. The number of carbonyl (C=O) groups excluding carboxylic acids is 1. The molecule has 31 heavy (non-hydrogen) atoms. The number of rotatable bonds is 6. The van der Waals surface area contributed by atoms with E-state index in [0.717, 1.165) is 11.1 Å². The van der Waals surface area contributed by atoms with E-state index in [1.165, 1.54) is 35.2 Å². The Balaban J connectivity index is 1.53. The molecule has 0 N–H and O–H groups in total. The Kier molecular flexibility index (Phi) is 6.28. The van der Waals surface area contributed by atoms with Crippen LogP contribution in [0.4, 0.5) is 8.78 Å². The maximum atomic E-state index is 14.3. The summed E-state index contributed by atoms with van der Waals surface area (Å²) in [6.07, 6.45) is 0.0392. The largest absolute Gasteiger partial charge is 0.390 e. The second kappa shape index (κ2) is 9.27. The third kappa shape index (κ3) is 5.09. The molecule has 1 aliphatic heterocycles. The summed E-state index contributed by atoms with van der Waals surface area (Å²) in [6.45, 7) is 0.438. The summed E-state index contributed by atoms with van der Waals surface area (Å²) in [7, 11) is 0.